The van der Waals surface area contributed by atoms with Gasteiger partial charge < -0.3 is 16.0 Å². The lowest BCUT2D eigenvalue weighted by Gasteiger charge is -2.32. The molecule has 0 saturated heterocycles. The van der Waals surface area contributed by atoms with E-state index < -0.39 is 0 Å². The summed E-state index contributed by atoms with van der Waals surface area (Å²) in [5.74, 6) is 0.622. The van der Waals surface area contributed by atoms with Crippen molar-refractivity contribution < 1.29 is 4.79 Å². The van der Waals surface area contributed by atoms with Gasteiger partial charge in [0.15, 0.2) is 0 Å². The normalized spacial score (nSPS) is 28.8. The van der Waals surface area contributed by atoms with E-state index in [1.807, 2.05) is 0 Å². The van der Waals surface area contributed by atoms with Gasteiger partial charge in [-0.2, -0.15) is 0 Å². The number of carbonyl (C=O) groups is 1. The summed E-state index contributed by atoms with van der Waals surface area (Å²) in [6.45, 7) is 0.955. The fourth-order valence-electron chi connectivity index (χ4n) is 2.38. The molecule has 1 saturated carbocycles. The summed E-state index contributed by atoms with van der Waals surface area (Å²) in [6, 6.07) is 0.655. The summed E-state index contributed by atoms with van der Waals surface area (Å²) in [4.78, 5) is 12.4. The Morgan fingerprint density at radius 2 is 2.00 bits per heavy atom. The minimum atomic E-state index is 0.275. The number of nitrogens with zero attached hydrogens (tertiary/aromatic N) is 1. The van der Waals surface area contributed by atoms with Crippen molar-refractivity contribution in [3.63, 3.8) is 0 Å². The van der Waals surface area contributed by atoms with Crippen molar-refractivity contribution in [1.82, 2.24) is 10.2 Å². The zero-order valence-corrected chi connectivity index (χ0v) is 9.78. The fourth-order valence-corrected chi connectivity index (χ4v) is 2.38. The van der Waals surface area contributed by atoms with Crippen LogP contribution in [0.4, 0.5) is 0 Å². The van der Waals surface area contributed by atoms with Crippen LogP contribution in [0.3, 0.4) is 0 Å². The molecule has 0 aromatic carbocycles. The third kappa shape index (κ3) is 4.18. The van der Waals surface area contributed by atoms with Gasteiger partial charge in [0.05, 0.1) is 0 Å². The van der Waals surface area contributed by atoms with Crippen molar-refractivity contribution in [3.05, 3.63) is 0 Å². The topological polar surface area (TPSA) is 58.4 Å². The van der Waals surface area contributed by atoms with Crippen LogP contribution in [0.5, 0.6) is 0 Å². The first-order valence-corrected chi connectivity index (χ1v) is 5.73. The van der Waals surface area contributed by atoms with Crippen LogP contribution in [-0.2, 0) is 4.79 Å². The Morgan fingerprint density at radius 1 is 1.40 bits per heavy atom. The van der Waals surface area contributed by atoms with Gasteiger partial charge >= 0.3 is 0 Å². The molecule has 4 heteroatoms. The van der Waals surface area contributed by atoms with Gasteiger partial charge in [0, 0.05) is 18.6 Å². The molecule has 1 atom stereocenters. The van der Waals surface area contributed by atoms with Crippen molar-refractivity contribution in [2.24, 2.45) is 11.7 Å². The van der Waals surface area contributed by atoms with E-state index in [1.54, 1.807) is 0 Å². The summed E-state index contributed by atoms with van der Waals surface area (Å²) in [5, 5.41) is 2.85. The first-order chi connectivity index (χ1) is 7.13. The molecule has 1 fully saturated rings. The Morgan fingerprint density at radius 3 is 2.47 bits per heavy atom. The summed E-state index contributed by atoms with van der Waals surface area (Å²) in [7, 11) is 4.11. The maximum Gasteiger partial charge on any atom is 0.207 e. The summed E-state index contributed by atoms with van der Waals surface area (Å²) in [6.07, 6.45) is 5.24. The molecule has 0 radical (unpaired) electrons. The maximum atomic E-state index is 10.3. The first-order valence-electron chi connectivity index (χ1n) is 5.73. The van der Waals surface area contributed by atoms with Gasteiger partial charge in [-0.1, -0.05) is 0 Å². The monoisotopic (exact) mass is 213 g/mol. The van der Waals surface area contributed by atoms with Crippen LogP contribution in [-0.4, -0.2) is 44.0 Å². The van der Waals surface area contributed by atoms with E-state index in [1.165, 1.54) is 0 Å². The van der Waals surface area contributed by atoms with Crippen LogP contribution < -0.4 is 11.1 Å². The van der Waals surface area contributed by atoms with Crippen LogP contribution in [0, 0.1) is 5.92 Å². The first kappa shape index (κ1) is 12.5. The van der Waals surface area contributed by atoms with E-state index in [-0.39, 0.29) is 6.04 Å². The lowest BCUT2D eigenvalue weighted by molar-refractivity contribution is -0.110. The van der Waals surface area contributed by atoms with Gasteiger partial charge in [-0.15, -0.1) is 0 Å². The van der Waals surface area contributed by atoms with Gasteiger partial charge in [-0.3, -0.25) is 4.79 Å². The molecule has 1 unspecified atom stereocenters. The third-order valence-corrected chi connectivity index (χ3v) is 3.26. The zero-order chi connectivity index (χ0) is 11.3. The Kier molecular flexibility index (Phi) is 5.05. The number of likely N-dealkylation sites (N-methyl/N-ethyl adjacent to an activating group) is 1. The number of carbonyl (C=O) groups excluding carboxylic acids is 1. The molecule has 1 aliphatic carbocycles. The molecule has 0 heterocycles. The van der Waals surface area contributed by atoms with Crippen LogP contribution in [0.1, 0.15) is 25.7 Å². The molecule has 0 aromatic rings. The molecule has 1 amide bonds. The SMILES string of the molecule is CN(C)CC(N)C1CCC(NC=O)CC1. The van der Waals surface area contributed by atoms with Crippen molar-refractivity contribution in [1.29, 1.82) is 0 Å². The summed E-state index contributed by atoms with van der Waals surface area (Å²) >= 11 is 0. The molecule has 4 nitrogen and oxygen atoms in total. The molecular formula is C11H23N3O. The predicted octanol–water partition coefficient (Wildman–Crippen LogP) is 0.180. The van der Waals surface area contributed by atoms with Crippen LogP contribution >= 0.6 is 0 Å². The standard InChI is InChI=1S/C11H23N3O/c1-14(2)7-11(12)9-3-5-10(6-4-9)13-8-15/h8-11H,3-7,12H2,1-2H3,(H,13,15). The van der Waals surface area contributed by atoms with Crippen LogP contribution in [0.15, 0.2) is 0 Å². The number of hydrogen-bond donors (Lipinski definition) is 2. The maximum absolute atomic E-state index is 10.3. The smallest absolute Gasteiger partial charge is 0.207 e. The lowest BCUT2D eigenvalue weighted by Crippen LogP contribution is -2.43. The number of nitrogens with two attached hydrogens (primary N) is 1. The average molecular weight is 213 g/mol. The Labute approximate surface area is 92.2 Å². The van der Waals surface area contributed by atoms with Crippen molar-refractivity contribution >= 4 is 6.41 Å². The molecule has 1 aliphatic rings. The van der Waals surface area contributed by atoms with Crippen LogP contribution in [0.25, 0.3) is 0 Å². The highest BCUT2D eigenvalue weighted by atomic mass is 16.1. The molecule has 15 heavy (non-hydrogen) atoms. The molecule has 3 N–H and O–H groups in total. The third-order valence-electron chi connectivity index (χ3n) is 3.26. The van der Waals surface area contributed by atoms with Crippen LogP contribution in [0.2, 0.25) is 0 Å². The number of amides is 1. The van der Waals surface area contributed by atoms with E-state index in [0.29, 0.717) is 12.0 Å². The molecule has 0 spiro atoms. The molecule has 0 bridgehead atoms. The highest BCUT2D eigenvalue weighted by Crippen LogP contribution is 2.26. The van der Waals surface area contributed by atoms with Gasteiger partial charge in [0.25, 0.3) is 0 Å². The second-order valence-corrected chi connectivity index (χ2v) is 4.82. The Hall–Kier alpha value is -0.610. The highest BCUT2D eigenvalue weighted by molar-refractivity contribution is 5.46. The van der Waals surface area contributed by atoms with E-state index in [4.69, 9.17) is 5.73 Å². The summed E-state index contributed by atoms with van der Waals surface area (Å²) in [5.41, 5.74) is 6.14. The van der Waals surface area contributed by atoms with Gasteiger partial charge in [0.2, 0.25) is 6.41 Å². The Balaban J connectivity index is 2.26. The fraction of sp³-hybridized carbons (Fsp3) is 0.909. The largest absolute Gasteiger partial charge is 0.356 e. The number of nitrogens with one attached hydrogen (secondary N) is 1. The number of hydrogen-bond acceptors (Lipinski definition) is 3. The number of rotatable bonds is 5. The second-order valence-electron chi connectivity index (χ2n) is 4.82. The van der Waals surface area contributed by atoms with E-state index in [2.05, 4.69) is 24.3 Å². The van der Waals surface area contributed by atoms with Gasteiger partial charge in [-0.05, 0) is 45.7 Å². The van der Waals surface area contributed by atoms with E-state index in [9.17, 15) is 4.79 Å². The lowest BCUT2D eigenvalue weighted by atomic mass is 9.82. The van der Waals surface area contributed by atoms with Crippen molar-refractivity contribution in [2.75, 3.05) is 20.6 Å². The zero-order valence-electron chi connectivity index (χ0n) is 9.78. The molecule has 88 valence electrons. The minimum absolute atomic E-state index is 0.275. The average Bonchev–Trinajstić information content (AvgIpc) is 2.18. The van der Waals surface area contributed by atoms with E-state index >= 15 is 0 Å². The van der Waals surface area contributed by atoms with Crippen molar-refractivity contribution in [2.45, 2.75) is 37.8 Å². The molecular weight excluding hydrogens is 190 g/mol. The van der Waals surface area contributed by atoms with Gasteiger partial charge in [-0.25, -0.2) is 0 Å². The molecule has 1 rings (SSSR count). The Bertz CT molecular complexity index is 188. The quantitative estimate of drug-likeness (QED) is 0.641. The van der Waals surface area contributed by atoms with Gasteiger partial charge in [0.1, 0.15) is 0 Å². The molecule has 0 aliphatic heterocycles. The summed E-state index contributed by atoms with van der Waals surface area (Å²) < 4.78 is 0. The van der Waals surface area contributed by atoms with Crippen molar-refractivity contribution in [3.8, 4) is 0 Å². The van der Waals surface area contributed by atoms with E-state index in [0.717, 1.165) is 38.6 Å². The molecule has 0 aromatic heterocycles. The minimum Gasteiger partial charge on any atom is -0.356 e. The second kappa shape index (κ2) is 6.08. The highest BCUT2D eigenvalue weighted by Gasteiger charge is 2.25. The predicted molar refractivity (Wildman–Crippen MR) is 61.5 cm³/mol.